The molecule has 2 aliphatic heterocycles. The van der Waals surface area contributed by atoms with Crippen molar-refractivity contribution in [1.82, 2.24) is 30.5 Å². The van der Waals surface area contributed by atoms with Gasteiger partial charge in [-0.1, -0.05) is 67.4 Å². The zero-order valence-electron chi connectivity index (χ0n) is 28.5. The molecule has 13 nitrogen and oxygen atoms in total. The van der Waals surface area contributed by atoms with Crippen LogP contribution in [-0.4, -0.2) is 103 Å². The molecule has 2 heterocycles. The molecular formula is C32H54N6O7S. The maximum Gasteiger partial charge on any atom is 0.315 e. The summed E-state index contributed by atoms with van der Waals surface area (Å²) in [6.07, 6.45) is 4.73. The highest BCUT2D eigenvalue weighted by Gasteiger charge is 2.46. The fraction of sp³-hybridized carbons (Fsp3) is 0.781. The molecule has 3 rings (SSSR count). The second-order valence-electron chi connectivity index (χ2n) is 15.2. The van der Waals surface area contributed by atoms with Gasteiger partial charge < -0.3 is 26.2 Å². The summed E-state index contributed by atoms with van der Waals surface area (Å²) >= 11 is 0. The van der Waals surface area contributed by atoms with E-state index in [2.05, 4.69) is 27.8 Å². The number of rotatable bonds is 13. The van der Waals surface area contributed by atoms with Crippen molar-refractivity contribution in [1.29, 1.82) is 0 Å². The van der Waals surface area contributed by atoms with Crippen molar-refractivity contribution in [2.75, 3.05) is 31.9 Å². The van der Waals surface area contributed by atoms with Gasteiger partial charge in [-0.15, -0.1) is 6.58 Å². The molecule has 0 spiro atoms. The van der Waals surface area contributed by atoms with Crippen molar-refractivity contribution >= 4 is 39.6 Å². The molecule has 46 heavy (non-hydrogen) atoms. The maximum atomic E-state index is 14.1. The number of ketones is 1. The highest BCUT2D eigenvalue weighted by atomic mass is 32.2. The number of nitrogens with one attached hydrogen (secondary N) is 4. The van der Waals surface area contributed by atoms with Crippen LogP contribution in [0.15, 0.2) is 12.7 Å². The molecule has 1 saturated carbocycles. The molecule has 1 unspecified atom stereocenters. The highest BCUT2D eigenvalue weighted by Crippen LogP contribution is 2.34. The van der Waals surface area contributed by atoms with Gasteiger partial charge in [0.1, 0.15) is 12.1 Å². The number of hydrogen-bond donors (Lipinski definition) is 4. The van der Waals surface area contributed by atoms with Crippen LogP contribution >= 0.6 is 0 Å². The van der Waals surface area contributed by atoms with E-state index >= 15 is 0 Å². The van der Waals surface area contributed by atoms with Crippen LogP contribution in [0.5, 0.6) is 0 Å². The van der Waals surface area contributed by atoms with Crippen LogP contribution in [0.4, 0.5) is 4.79 Å². The first kappa shape index (κ1) is 37.5. The molecule has 2 saturated heterocycles. The van der Waals surface area contributed by atoms with Crippen LogP contribution in [-0.2, 0) is 29.2 Å². The van der Waals surface area contributed by atoms with Crippen LogP contribution in [0, 0.1) is 22.7 Å². The molecule has 5 atom stereocenters. The summed E-state index contributed by atoms with van der Waals surface area (Å²) in [5.74, 6) is -2.37. The minimum Gasteiger partial charge on any atom is -0.346 e. The molecule has 260 valence electrons. The average molecular weight is 667 g/mol. The molecule has 4 N–H and O–H groups in total. The molecule has 1 aliphatic carbocycles. The Bertz CT molecular complexity index is 1280. The van der Waals surface area contributed by atoms with Crippen LogP contribution in [0.2, 0.25) is 0 Å². The zero-order chi connectivity index (χ0) is 34.6. The smallest absolute Gasteiger partial charge is 0.315 e. The van der Waals surface area contributed by atoms with Crippen molar-refractivity contribution in [2.24, 2.45) is 22.7 Å². The number of nitrogens with zero attached hydrogens (tertiary/aromatic N) is 2. The van der Waals surface area contributed by atoms with Crippen molar-refractivity contribution < 1.29 is 32.4 Å². The lowest BCUT2D eigenvalue weighted by Gasteiger charge is -2.38. The molecule has 14 heteroatoms. The number of likely N-dealkylation sites (tertiary alicyclic amines) is 1. The maximum absolute atomic E-state index is 14.1. The fourth-order valence-corrected chi connectivity index (χ4v) is 7.50. The van der Waals surface area contributed by atoms with E-state index in [9.17, 15) is 32.4 Å². The lowest BCUT2D eigenvalue weighted by atomic mass is 9.85. The Labute approximate surface area is 274 Å². The van der Waals surface area contributed by atoms with Gasteiger partial charge in [-0.05, 0) is 41.9 Å². The molecule has 0 aromatic carbocycles. The highest BCUT2D eigenvalue weighted by molar-refractivity contribution is 7.89. The van der Waals surface area contributed by atoms with Crippen molar-refractivity contribution in [3.05, 3.63) is 12.7 Å². The second kappa shape index (κ2) is 14.8. The number of Topliss-reactive ketones (excluding diaryl/α,β-unsaturated/α-hetero) is 1. The molecule has 0 bridgehead atoms. The standard InChI is InChI=1S/C32H54N6O7S/c1-9-14-33-28(41)25(39)22(18-21-11-12-21)34-27(40)24-20(2)13-16-38(24)29(42)26(32(6,7)8)36-30(43)35-23(31(3,4)5)19-37-15-10-17-46(37,44)45/h9,20-24,26H,1,10-19H2,2-8H3,(H,33,41)(H,34,40)(H2,35,36,43)/t20-,22?,23+,24-,26+/m0/s1. The lowest BCUT2D eigenvalue weighted by Crippen LogP contribution is -2.62. The minimum atomic E-state index is -3.38. The van der Waals surface area contributed by atoms with E-state index < -0.39 is 74.6 Å². The number of carbonyl (C=O) groups excluding carboxylic acids is 5. The first-order valence-electron chi connectivity index (χ1n) is 16.3. The first-order valence-corrected chi connectivity index (χ1v) is 18.0. The van der Waals surface area contributed by atoms with Crippen LogP contribution in [0.1, 0.15) is 80.6 Å². The molecular weight excluding hydrogens is 612 g/mol. The summed E-state index contributed by atoms with van der Waals surface area (Å²) in [5, 5.41) is 11.0. The Morgan fingerprint density at radius 1 is 0.935 bits per heavy atom. The average Bonchev–Trinajstić information content (AvgIpc) is 3.58. The van der Waals surface area contributed by atoms with Crippen molar-refractivity contribution in [3.63, 3.8) is 0 Å². The molecule has 3 aliphatic rings. The lowest BCUT2D eigenvalue weighted by molar-refractivity contribution is -0.144. The SMILES string of the molecule is C=CCNC(=O)C(=O)C(CC1CC1)NC(=O)[C@@H]1[C@@H](C)CCN1C(=O)[C@@H](NC(=O)N[C@H](CN1CCCS1(=O)=O)C(C)(C)C)C(C)(C)C. The third kappa shape index (κ3) is 9.76. The summed E-state index contributed by atoms with van der Waals surface area (Å²) in [7, 11) is -3.38. The summed E-state index contributed by atoms with van der Waals surface area (Å²) in [6, 6.07) is -4.07. The largest absolute Gasteiger partial charge is 0.346 e. The van der Waals surface area contributed by atoms with E-state index in [1.807, 2.05) is 48.5 Å². The fourth-order valence-electron chi connectivity index (χ4n) is 5.96. The normalized spacial score (nSPS) is 23.6. The molecule has 5 amide bonds. The Balaban J connectivity index is 1.76. The monoisotopic (exact) mass is 666 g/mol. The van der Waals surface area contributed by atoms with Crippen LogP contribution in [0.25, 0.3) is 0 Å². The van der Waals surface area contributed by atoms with Gasteiger partial charge in [0.05, 0.1) is 11.8 Å². The Kier molecular flexibility index (Phi) is 12.1. The van der Waals surface area contributed by atoms with E-state index in [0.29, 0.717) is 25.8 Å². The number of urea groups is 1. The van der Waals surface area contributed by atoms with Gasteiger partial charge in [-0.25, -0.2) is 13.2 Å². The summed E-state index contributed by atoms with van der Waals surface area (Å²) in [6.45, 7) is 17.5. The van der Waals surface area contributed by atoms with E-state index in [1.165, 1.54) is 15.3 Å². The van der Waals surface area contributed by atoms with Gasteiger partial charge in [0.25, 0.3) is 5.91 Å². The first-order chi connectivity index (χ1) is 21.3. The Morgan fingerprint density at radius 2 is 1.59 bits per heavy atom. The van der Waals surface area contributed by atoms with Crippen molar-refractivity contribution in [3.8, 4) is 0 Å². The van der Waals surface area contributed by atoms with E-state index in [-0.39, 0.29) is 37.2 Å². The molecule has 0 radical (unpaired) electrons. The minimum absolute atomic E-state index is 0.0810. The molecule has 0 aromatic rings. The van der Waals surface area contributed by atoms with Crippen molar-refractivity contribution in [2.45, 2.75) is 105 Å². The quantitative estimate of drug-likeness (QED) is 0.170. The van der Waals surface area contributed by atoms with Gasteiger partial charge in [0.2, 0.25) is 27.6 Å². The van der Waals surface area contributed by atoms with Gasteiger partial charge in [-0.3, -0.25) is 19.2 Å². The van der Waals surface area contributed by atoms with E-state index in [0.717, 1.165) is 12.8 Å². The third-order valence-electron chi connectivity index (χ3n) is 9.11. The van der Waals surface area contributed by atoms with Crippen LogP contribution < -0.4 is 21.3 Å². The molecule has 3 fully saturated rings. The molecule has 0 aromatic heterocycles. The summed E-state index contributed by atoms with van der Waals surface area (Å²) < 4.78 is 26.3. The summed E-state index contributed by atoms with van der Waals surface area (Å²) in [5.41, 5.74) is -1.23. The second-order valence-corrected chi connectivity index (χ2v) is 17.3. The van der Waals surface area contributed by atoms with E-state index in [4.69, 9.17) is 0 Å². The van der Waals surface area contributed by atoms with Gasteiger partial charge in [0.15, 0.2) is 0 Å². The van der Waals surface area contributed by atoms with E-state index in [1.54, 1.807) is 0 Å². The predicted molar refractivity (Wildman–Crippen MR) is 175 cm³/mol. The Hall–Kier alpha value is -3.00. The third-order valence-corrected chi connectivity index (χ3v) is 11.0. The Morgan fingerprint density at radius 3 is 2.11 bits per heavy atom. The topological polar surface area (TPSA) is 174 Å². The number of sulfonamides is 1. The number of hydrogen-bond acceptors (Lipinski definition) is 7. The summed E-state index contributed by atoms with van der Waals surface area (Å²) in [4.78, 5) is 68.2. The van der Waals surface area contributed by atoms with Gasteiger partial charge >= 0.3 is 6.03 Å². The van der Waals surface area contributed by atoms with Gasteiger partial charge in [-0.2, -0.15) is 4.31 Å². The van der Waals surface area contributed by atoms with Crippen LogP contribution in [0.3, 0.4) is 0 Å². The van der Waals surface area contributed by atoms with Gasteiger partial charge in [0, 0.05) is 32.2 Å². The zero-order valence-corrected chi connectivity index (χ0v) is 29.3. The predicted octanol–water partition coefficient (Wildman–Crippen LogP) is 1.54. The number of amides is 5. The number of carbonyl (C=O) groups is 5.